The second-order valence-electron chi connectivity index (χ2n) is 35.3. The fraction of sp³-hybridized carbons (Fsp3) is 0.646. The first kappa shape index (κ1) is 98.9. The zero-order valence-corrected chi connectivity index (χ0v) is 72.1. The minimum Gasteiger partial charge on any atom is -0.394 e. The second-order valence-corrected chi connectivity index (χ2v) is 35.3. The van der Waals surface area contributed by atoms with Crippen molar-refractivity contribution in [3.63, 3.8) is 0 Å². The first-order valence-corrected chi connectivity index (χ1v) is 40.3. The number of likely N-dealkylation sites (tertiary alicyclic amines) is 3. The molecule has 0 aromatic heterocycles. The molecule has 11 atom stereocenters. The van der Waals surface area contributed by atoms with E-state index >= 15 is 0 Å². The van der Waals surface area contributed by atoms with E-state index in [9.17, 15) is 96.8 Å². The van der Waals surface area contributed by atoms with E-state index in [0.29, 0.717) is 19.3 Å². The van der Waals surface area contributed by atoms with Gasteiger partial charge in [-0.05, 0) is 159 Å². The lowest BCUT2D eigenvalue weighted by atomic mass is 9.93. The standard InChI is InChI=1S/C82H127N17O20/c1-20-81(18,91-63(108)54(37-46(3)4)87-60(105)42-84-67(112)75(6,7)93-69(114)77(10,11)95-70(115)78(12,13)94-68(113)76(8,9)89-62(107)55(85-47(5)101)39-49-31-26-23-27-32-49)71(116)96-80(16,17)73(118)98-43-51(102)40-57(98)65(110)88-53(34-35-59(83)104)61(106)92-82(19,21-2)74(119)99-44-52(103)41-58(99)66(111)90-79(14,15)72(117)97-36-28-33-56(97)64(109)86-50(45-100)38-48-29-24-22-25-30-48/h22-27,29-32,46,50-58,100,102-103H,20-21,28,33-45H2,1-19H3,(H2,83,104)(H,84,112)(H,85,101)(H,86,109)(H,87,105)(H,88,110)(H,89,107)(H,90,111)(H,91,108)(H,92,106)(H,93,114)(H,94,113)(H,95,115)(H,96,116)/t50?,51-,52-,53+,54+,55+,56+,57+,58+,81+,82-/m1/s1. The van der Waals surface area contributed by atoms with E-state index in [1.807, 2.05) is 30.3 Å². The van der Waals surface area contributed by atoms with Gasteiger partial charge in [0.1, 0.15) is 80.6 Å². The Bertz CT molecular complexity index is 4080. The van der Waals surface area contributed by atoms with Gasteiger partial charge in [-0.1, -0.05) is 88.4 Å². The van der Waals surface area contributed by atoms with E-state index in [4.69, 9.17) is 5.73 Å². The third kappa shape index (κ3) is 27.2. The molecule has 5 rings (SSSR count). The number of benzene rings is 2. The first-order valence-electron chi connectivity index (χ1n) is 40.3. The number of carbonyl (C=O) groups excluding carboxylic acids is 17. The summed E-state index contributed by atoms with van der Waals surface area (Å²) in [7, 11) is 0. The topological polar surface area (TPSA) is 543 Å². The van der Waals surface area contributed by atoms with Crippen LogP contribution in [0.15, 0.2) is 60.7 Å². The molecule has 0 radical (unpaired) electrons. The smallest absolute Gasteiger partial charge is 0.248 e. The predicted octanol–water partition coefficient (Wildman–Crippen LogP) is -2.30. The molecule has 17 amide bonds. The molecule has 0 saturated carbocycles. The average Bonchev–Trinajstić information content (AvgIpc) is 1.68. The number of hydrogen-bond donors (Lipinski definition) is 17. The quantitative estimate of drug-likeness (QED) is 0.0334. The predicted molar refractivity (Wildman–Crippen MR) is 436 cm³/mol. The zero-order chi connectivity index (χ0) is 90.1. The summed E-state index contributed by atoms with van der Waals surface area (Å²) in [5, 5.41) is 66.3. The molecule has 0 spiro atoms. The number of β-amino-alcohol motifs (C(OH)–C–C–N with tert-alkyl or cyclic N) is 2. The number of nitrogens with zero attached hydrogens (tertiary/aromatic N) is 3. The van der Waals surface area contributed by atoms with Crippen molar-refractivity contribution in [1.82, 2.24) is 83.8 Å². The zero-order valence-electron chi connectivity index (χ0n) is 72.1. The minimum atomic E-state index is -1.91. The average molecular weight is 1670 g/mol. The second kappa shape index (κ2) is 40.8. The van der Waals surface area contributed by atoms with Crippen LogP contribution >= 0.6 is 0 Å². The lowest BCUT2D eigenvalue weighted by molar-refractivity contribution is -0.149. The molecule has 18 N–H and O–H groups in total. The Balaban J connectivity index is 1.19. The van der Waals surface area contributed by atoms with Gasteiger partial charge in [-0.15, -0.1) is 0 Å². The van der Waals surface area contributed by atoms with Gasteiger partial charge in [-0.25, -0.2) is 0 Å². The molecule has 660 valence electrons. The fourth-order valence-corrected chi connectivity index (χ4v) is 13.9. The summed E-state index contributed by atoms with van der Waals surface area (Å²) in [4.78, 5) is 240. The summed E-state index contributed by atoms with van der Waals surface area (Å²) < 4.78 is 0. The minimum absolute atomic E-state index is 0.0109. The number of amides is 17. The highest BCUT2D eigenvalue weighted by atomic mass is 16.3. The summed E-state index contributed by atoms with van der Waals surface area (Å²) in [6.45, 7) is 25.2. The highest BCUT2D eigenvalue weighted by Gasteiger charge is 2.52. The lowest BCUT2D eigenvalue weighted by Crippen LogP contribution is -2.68. The molecule has 2 aromatic rings. The summed E-state index contributed by atoms with van der Waals surface area (Å²) in [6, 6.07) is 9.58. The first-order chi connectivity index (χ1) is 55.0. The fourth-order valence-electron chi connectivity index (χ4n) is 13.9. The van der Waals surface area contributed by atoms with Crippen LogP contribution in [0.3, 0.4) is 0 Å². The SMILES string of the molecule is CC[C@@](C)(NC(=O)[C@H](CCC(N)=O)NC(=O)[C@@H]1C[C@@H](O)CN1C(=O)C(C)(C)NC(=O)[C@](C)(CC)NC(=O)[C@H](CC(C)C)NC(=O)CNC(=O)C(C)(C)NC(=O)C(C)(C)NC(=O)C(C)(C)NC(=O)C(C)(C)NC(=O)[C@H](Cc1ccccc1)NC(C)=O)C(=O)N1C[C@H](O)C[C@H]1C(=O)NC(C)(C)C(=O)N1CCC[C@H]1C(=O)NC(CO)Cc1ccccc1. The lowest BCUT2D eigenvalue weighted by Gasteiger charge is -2.38. The summed E-state index contributed by atoms with van der Waals surface area (Å²) in [6.07, 6.45) is -3.16. The van der Waals surface area contributed by atoms with Crippen molar-refractivity contribution < 1.29 is 96.8 Å². The van der Waals surface area contributed by atoms with Crippen molar-refractivity contribution in [3.8, 4) is 0 Å². The number of hydrogen-bond acceptors (Lipinski definition) is 20. The number of aliphatic hydroxyl groups is 3. The van der Waals surface area contributed by atoms with Gasteiger partial charge >= 0.3 is 0 Å². The molecule has 3 fully saturated rings. The van der Waals surface area contributed by atoms with Gasteiger partial charge in [0, 0.05) is 52.2 Å². The highest BCUT2D eigenvalue weighted by molar-refractivity contribution is 6.04. The van der Waals surface area contributed by atoms with Gasteiger partial charge in [0.2, 0.25) is 100 Å². The van der Waals surface area contributed by atoms with E-state index in [1.54, 1.807) is 58.0 Å². The highest BCUT2D eigenvalue weighted by Crippen LogP contribution is 2.29. The van der Waals surface area contributed by atoms with E-state index in [0.717, 1.165) is 20.9 Å². The van der Waals surface area contributed by atoms with Crippen LogP contribution in [0.1, 0.15) is 200 Å². The van der Waals surface area contributed by atoms with Gasteiger partial charge in [0.05, 0.1) is 31.4 Å². The molecule has 37 heteroatoms. The van der Waals surface area contributed by atoms with E-state index in [2.05, 4.69) is 69.1 Å². The van der Waals surface area contributed by atoms with Crippen LogP contribution in [0.2, 0.25) is 0 Å². The largest absolute Gasteiger partial charge is 0.394 e. The summed E-state index contributed by atoms with van der Waals surface area (Å²) in [5.41, 5.74) is -6.99. The van der Waals surface area contributed by atoms with Crippen LogP contribution in [0.25, 0.3) is 0 Å². The van der Waals surface area contributed by atoms with Crippen LogP contribution in [0, 0.1) is 5.92 Å². The molecule has 3 heterocycles. The number of carbonyl (C=O) groups is 17. The van der Waals surface area contributed by atoms with Crippen LogP contribution in [0.4, 0.5) is 0 Å². The van der Waals surface area contributed by atoms with Crippen molar-refractivity contribution in [2.45, 2.75) is 301 Å². The molecule has 0 aliphatic carbocycles. The van der Waals surface area contributed by atoms with Crippen molar-refractivity contribution in [2.75, 3.05) is 32.8 Å². The summed E-state index contributed by atoms with van der Waals surface area (Å²) in [5.74, 6) is -14.0. The number of nitrogens with one attached hydrogen (secondary N) is 13. The third-order valence-electron chi connectivity index (χ3n) is 21.6. The number of nitrogens with two attached hydrogens (primary N) is 1. The van der Waals surface area contributed by atoms with Gasteiger partial charge in [-0.3, -0.25) is 81.5 Å². The Morgan fingerprint density at radius 2 is 0.891 bits per heavy atom. The van der Waals surface area contributed by atoms with Crippen molar-refractivity contribution in [1.29, 1.82) is 0 Å². The van der Waals surface area contributed by atoms with E-state index in [1.165, 1.54) is 109 Å². The maximum absolute atomic E-state index is 14.8. The molecular formula is C82H127N17O20. The van der Waals surface area contributed by atoms with Gasteiger partial charge in [0.15, 0.2) is 0 Å². The van der Waals surface area contributed by atoms with Crippen LogP contribution in [-0.4, -0.2) is 262 Å². The maximum atomic E-state index is 14.8. The Hall–Kier alpha value is -10.7. The van der Waals surface area contributed by atoms with Crippen molar-refractivity contribution in [3.05, 3.63) is 71.8 Å². The molecule has 3 saturated heterocycles. The van der Waals surface area contributed by atoms with Crippen LogP contribution in [-0.2, 0) is 94.3 Å². The van der Waals surface area contributed by atoms with Gasteiger partial charge < -0.3 is 105 Å². The van der Waals surface area contributed by atoms with E-state index < -0.39 is 225 Å². The number of primary amides is 1. The Kier molecular flexibility index (Phi) is 33.9. The molecule has 3 aliphatic rings. The molecule has 37 nitrogen and oxygen atoms in total. The van der Waals surface area contributed by atoms with Crippen molar-refractivity contribution in [2.24, 2.45) is 11.7 Å². The molecule has 119 heavy (non-hydrogen) atoms. The monoisotopic (exact) mass is 1670 g/mol. The van der Waals surface area contributed by atoms with Crippen LogP contribution < -0.4 is 74.9 Å². The maximum Gasteiger partial charge on any atom is 0.248 e. The Labute approximate surface area is 695 Å². The third-order valence-corrected chi connectivity index (χ3v) is 21.6. The van der Waals surface area contributed by atoms with Gasteiger partial charge in [-0.2, -0.15) is 0 Å². The molecule has 2 aromatic carbocycles. The van der Waals surface area contributed by atoms with Gasteiger partial charge in [0.25, 0.3) is 0 Å². The van der Waals surface area contributed by atoms with Crippen molar-refractivity contribution >= 4 is 100 Å². The molecule has 0 bridgehead atoms. The number of rotatable bonds is 40. The molecule has 3 aliphatic heterocycles. The molecule has 1 unspecified atom stereocenters. The van der Waals surface area contributed by atoms with E-state index in [-0.39, 0.29) is 64.1 Å². The number of aliphatic hydroxyl groups excluding tert-OH is 3. The Morgan fingerprint density at radius 3 is 1.38 bits per heavy atom. The Morgan fingerprint density at radius 1 is 0.462 bits per heavy atom. The summed E-state index contributed by atoms with van der Waals surface area (Å²) >= 11 is 0. The molecular weight excluding hydrogens is 1540 g/mol. The normalized spacial score (nSPS) is 19.1. The van der Waals surface area contributed by atoms with Crippen LogP contribution in [0.5, 0.6) is 0 Å².